The Hall–Kier alpha value is -2.05. The van der Waals surface area contributed by atoms with Gasteiger partial charge < -0.3 is 5.11 Å². The number of hydrogen-bond acceptors (Lipinski definition) is 4. The second-order valence-corrected chi connectivity index (χ2v) is 9.74. The van der Waals surface area contributed by atoms with E-state index in [0.717, 1.165) is 37.8 Å². The first-order chi connectivity index (χ1) is 14.4. The Kier molecular flexibility index (Phi) is 4.82. The van der Waals surface area contributed by atoms with Crippen LogP contribution in [0, 0.1) is 5.41 Å². The van der Waals surface area contributed by atoms with Crippen LogP contribution in [-0.2, 0) is 6.54 Å². The molecule has 5 rings (SSSR count). The van der Waals surface area contributed by atoms with Crippen molar-refractivity contribution in [2.24, 2.45) is 5.41 Å². The third-order valence-electron chi connectivity index (χ3n) is 7.60. The summed E-state index contributed by atoms with van der Waals surface area (Å²) in [4.78, 5) is 19.5. The van der Waals surface area contributed by atoms with Gasteiger partial charge in [0.1, 0.15) is 5.67 Å². The molecule has 30 heavy (non-hydrogen) atoms. The third kappa shape index (κ3) is 3.60. The van der Waals surface area contributed by atoms with Crippen LogP contribution in [0.15, 0.2) is 47.5 Å². The third-order valence-corrected chi connectivity index (χ3v) is 7.60. The van der Waals surface area contributed by atoms with E-state index >= 15 is 0 Å². The molecule has 2 aromatic rings. The lowest BCUT2D eigenvalue weighted by atomic mass is 9.65. The molecule has 3 fully saturated rings. The van der Waals surface area contributed by atoms with Crippen LogP contribution in [0.5, 0.6) is 0 Å². The van der Waals surface area contributed by atoms with Crippen LogP contribution >= 0.6 is 0 Å². The number of aromatic nitrogens is 2. The Morgan fingerprint density at radius 2 is 1.77 bits per heavy atom. The fourth-order valence-corrected chi connectivity index (χ4v) is 5.61. The van der Waals surface area contributed by atoms with Crippen LogP contribution in [0.1, 0.15) is 44.9 Å². The van der Waals surface area contributed by atoms with Crippen LogP contribution < -0.4 is 5.56 Å². The predicted molar refractivity (Wildman–Crippen MR) is 114 cm³/mol. The fraction of sp³-hybridized carbons (Fsp3) is 0.583. The highest BCUT2D eigenvalue weighted by atomic mass is 19.1. The van der Waals surface area contributed by atoms with Crippen molar-refractivity contribution >= 4 is 0 Å². The zero-order valence-corrected chi connectivity index (χ0v) is 17.4. The number of alkyl halides is 1. The Morgan fingerprint density at radius 1 is 1.03 bits per heavy atom. The molecule has 1 aromatic heterocycles. The highest BCUT2D eigenvalue weighted by Gasteiger charge is 2.56. The van der Waals surface area contributed by atoms with E-state index in [0.29, 0.717) is 38.0 Å². The van der Waals surface area contributed by atoms with Gasteiger partial charge in [-0.25, -0.2) is 9.37 Å². The summed E-state index contributed by atoms with van der Waals surface area (Å²) in [6, 6.07) is 11.2. The summed E-state index contributed by atoms with van der Waals surface area (Å²) in [5.41, 5.74) is -0.841. The molecule has 1 aliphatic heterocycles. The van der Waals surface area contributed by atoms with Gasteiger partial charge in [-0.05, 0) is 32.1 Å². The van der Waals surface area contributed by atoms with Crippen molar-refractivity contribution in [1.82, 2.24) is 14.5 Å². The quantitative estimate of drug-likeness (QED) is 0.819. The zero-order valence-electron chi connectivity index (χ0n) is 17.4. The van der Waals surface area contributed by atoms with Crippen molar-refractivity contribution in [2.75, 3.05) is 19.6 Å². The van der Waals surface area contributed by atoms with E-state index in [2.05, 4.69) is 9.88 Å². The molecular weight excluding hydrogens is 381 g/mol. The van der Waals surface area contributed by atoms with E-state index in [9.17, 15) is 14.3 Å². The monoisotopic (exact) mass is 411 g/mol. The molecule has 0 radical (unpaired) electrons. The molecule has 2 aliphatic carbocycles. The summed E-state index contributed by atoms with van der Waals surface area (Å²) in [5.74, 6) is 0. The normalized spacial score (nSPS) is 27.4. The Balaban J connectivity index is 1.38. The fourth-order valence-electron chi connectivity index (χ4n) is 5.61. The highest BCUT2D eigenvalue weighted by molar-refractivity contribution is 5.57. The van der Waals surface area contributed by atoms with Crippen molar-refractivity contribution < 1.29 is 9.50 Å². The Bertz CT molecular complexity index is 966. The van der Waals surface area contributed by atoms with Gasteiger partial charge in [-0.3, -0.25) is 14.3 Å². The SMILES string of the molecule is O=c1cc(-c2ccccc2)ncn1C[C@]1(O)CCN(CC2(F)CC2)CC12CCCC2. The predicted octanol–water partition coefficient (Wildman–Crippen LogP) is 3.41. The van der Waals surface area contributed by atoms with Gasteiger partial charge in [-0.15, -0.1) is 0 Å². The average molecular weight is 412 g/mol. The second kappa shape index (κ2) is 7.27. The zero-order chi connectivity index (χ0) is 20.8. The van der Waals surface area contributed by atoms with Gasteiger partial charge in [0.2, 0.25) is 0 Å². The molecule has 1 atom stereocenters. The number of aliphatic hydroxyl groups is 1. The van der Waals surface area contributed by atoms with Crippen LogP contribution in [0.2, 0.25) is 0 Å². The number of hydrogen-bond donors (Lipinski definition) is 1. The molecular formula is C24H30FN3O2. The molecule has 0 bridgehead atoms. The molecule has 0 amide bonds. The number of benzene rings is 1. The lowest BCUT2D eigenvalue weighted by molar-refractivity contribution is -0.145. The second-order valence-electron chi connectivity index (χ2n) is 9.74. The van der Waals surface area contributed by atoms with Crippen molar-refractivity contribution in [3.63, 3.8) is 0 Å². The molecule has 2 saturated carbocycles. The van der Waals surface area contributed by atoms with Crippen LogP contribution in [0.3, 0.4) is 0 Å². The lowest BCUT2D eigenvalue weighted by Crippen LogP contribution is -2.61. The molecule has 5 nitrogen and oxygen atoms in total. The maximum Gasteiger partial charge on any atom is 0.253 e. The number of nitrogens with zero attached hydrogens (tertiary/aromatic N) is 3. The number of rotatable bonds is 5. The molecule has 1 saturated heterocycles. The summed E-state index contributed by atoms with van der Waals surface area (Å²) >= 11 is 0. The molecule has 0 unspecified atom stereocenters. The van der Waals surface area contributed by atoms with Gasteiger partial charge >= 0.3 is 0 Å². The van der Waals surface area contributed by atoms with Crippen molar-refractivity contribution in [1.29, 1.82) is 0 Å². The van der Waals surface area contributed by atoms with Crippen molar-refractivity contribution in [2.45, 2.75) is 62.8 Å². The summed E-state index contributed by atoms with van der Waals surface area (Å²) < 4.78 is 15.9. The van der Waals surface area contributed by atoms with E-state index in [-0.39, 0.29) is 17.5 Å². The molecule has 160 valence electrons. The van der Waals surface area contributed by atoms with E-state index in [4.69, 9.17) is 0 Å². The Labute approximate surface area is 176 Å². The number of piperidine rings is 1. The molecule has 1 spiro atoms. The molecule has 2 heterocycles. The standard InChI is InChI=1S/C24H30FN3O2/c25-23(10-11-23)16-27-13-12-24(30,22(15-27)8-4-5-9-22)17-28-18-26-20(14-21(28)29)19-6-2-1-3-7-19/h1-3,6-7,14,18,30H,4-5,8-13,15-17H2/t24-/m1/s1. The van der Waals surface area contributed by atoms with Gasteiger partial charge in [-0.1, -0.05) is 43.2 Å². The first-order valence-electron chi connectivity index (χ1n) is 11.2. The average Bonchev–Trinajstić information content (AvgIpc) is 3.27. The van der Waals surface area contributed by atoms with Crippen LogP contribution in [0.25, 0.3) is 11.3 Å². The van der Waals surface area contributed by atoms with Gasteiger partial charge in [0.25, 0.3) is 5.56 Å². The maximum atomic E-state index is 14.4. The summed E-state index contributed by atoms with van der Waals surface area (Å²) in [5, 5.41) is 11.8. The molecule has 1 N–H and O–H groups in total. The van der Waals surface area contributed by atoms with E-state index in [1.54, 1.807) is 17.0 Å². The molecule has 6 heteroatoms. The highest BCUT2D eigenvalue weighted by Crippen LogP contribution is 2.52. The van der Waals surface area contributed by atoms with Crippen molar-refractivity contribution in [3.8, 4) is 11.3 Å². The summed E-state index contributed by atoms with van der Waals surface area (Å²) in [6.07, 6.45) is 7.49. The number of halogens is 1. The summed E-state index contributed by atoms with van der Waals surface area (Å²) in [7, 11) is 0. The van der Waals surface area contributed by atoms with E-state index in [1.165, 1.54) is 0 Å². The topological polar surface area (TPSA) is 58.4 Å². The van der Waals surface area contributed by atoms with Gasteiger partial charge in [-0.2, -0.15) is 0 Å². The first-order valence-corrected chi connectivity index (χ1v) is 11.2. The van der Waals surface area contributed by atoms with Crippen molar-refractivity contribution in [3.05, 3.63) is 53.1 Å². The summed E-state index contributed by atoms with van der Waals surface area (Å²) in [6.45, 7) is 2.13. The minimum atomic E-state index is -1.01. The van der Waals surface area contributed by atoms with Gasteiger partial charge in [0.05, 0.1) is 24.2 Å². The first kappa shape index (κ1) is 19.9. The minimum absolute atomic E-state index is 0.145. The minimum Gasteiger partial charge on any atom is -0.387 e. The van der Waals surface area contributed by atoms with Gasteiger partial charge in [0, 0.05) is 36.7 Å². The van der Waals surface area contributed by atoms with Gasteiger partial charge in [0.15, 0.2) is 0 Å². The molecule has 3 aliphatic rings. The smallest absolute Gasteiger partial charge is 0.253 e. The maximum absolute atomic E-state index is 14.4. The lowest BCUT2D eigenvalue weighted by Gasteiger charge is -2.52. The van der Waals surface area contributed by atoms with E-state index < -0.39 is 11.3 Å². The largest absolute Gasteiger partial charge is 0.387 e. The van der Waals surface area contributed by atoms with Crippen LogP contribution in [0.4, 0.5) is 4.39 Å². The number of likely N-dealkylation sites (tertiary alicyclic amines) is 1. The molecule has 1 aromatic carbocycles. The Morgan fingerprint density at radius 3 is 2.43 bits per heavy atom. The van der Waals surface area contributed by atoms with Crippen LogP contribution in [-0.4, -0.2) is 50.5 Å². The van der Waals surface area contributed by atoms with E-state index in [1.807, 2.05) is 30.3 Å².